The molecule has 1 aromatic heterocycles. The van der Waals surface area contributed by atoms with E-state index in [4.69, 9.17) is 9.47 Å². The van der Waals surface area contributed by atoms with Crippen molar-refractivity contribution in [3.05, 3.63) is 47.8 Å². The number of hydrogen-bond donors (Lipinski definition) is 1. The van der Waals surface area contributed by atoms with Gasteiger partial charge in [-0.2, -0.15) is 0 Å². The van der Waals surface area contributed by atoms with Crippen LogP contribution in [0, 0.1) is 5.82 Å². The average Bonchev–Trinajstić information content (AvgIpc) is 3.35. The largest absolute Gasteiger partial charge is 0.454 e. The number of carbonyl (C=O) groups is 1. The number of halogens is 1. The van der Waals surface area contributed by atoms with Gasteiger partial charge in [-0.15, -0.1) is 0 Å². The van der Waals surface area contributed by atoms with Gasteiger partial charge in [-0.05, 0) is 26.0 Å². The summed E-state index contributed by atoms with van der Waals surface area (Å²) >= 11 is 1.39. The molecule has 1 aliphatic heterocycles. The summed E-state index contributed by atoms with van der Waals surface area (Å²) in [6.45, 7) is 7.55. The number of ether oxygens (including phenoxy) is 2. The van der Waals surface area contributed by atoms with Crippen molar-refractivity contribution in [1.29, 1.82) is 0 Å². The third kappa shape index (κ3) is 3.90. The summed E-state index contributed by atoms with van der Waals surface area (Å²) < 4.78 is 26.1. The Hall–Kier alpha value is -2.71. The third-order valence-electron chi connectivity index (χ3n) is 5.14. The molecular formula is C21H23FN3O3S+. The SMILES string of the molecule is CC[NH+](CC)CCN(C(=O)c1ccccc1F)c1nc2cc3c(cc2s1)OCO3. The van der Waals surface area contributed by atoms with Crippen molar-refractivity contribution in [2.24, 2.45) is 0 Å². The second kappa shape index (κ2) is 8.34. The summed E-state index contributed by atoms with van der Waals surface area (Å²) in [5.41, 5.74) is 0.784. The fourth-order valence-corrected chi connectivity index (χ4v) is 4.36. The molecule has 3 aromatic rings. The number of nitrogens with one attached hydrogen (secondary N) is 1. The molecule has 2 heterocycles. The highest BCUT2D eigenvalue weighted by molar-refractivity contribution is 7.22. The highest BCUT2D eigenvalue weighted by Crippen LogP contribution is 2.40. The van der Waals surface area contributed by atoms with Crippen LogP contribution >= 0.6 is 11.3 Å². The van der Waals surface area contributed by atoms with Crippen LogP contribution in [-0.4, -0.2) is 43.9 Å². The third-order valence-corrected chi connectivity index (χ3v) is 6.18. The number of benzene rings is 2. The molecule has 0 aliphatic carbocycles. The summed E-state index contributed by atoms with van der Waals surface area (Å²) in [6.07, 6.45) is 0. The summed E-state index contributed by atoms with van der Waals surface area (Å²) in [7, 11) is 0. The van der Waals surface area contributed by atoms with Gasteiger partial charge in [0.15, 0.2) is 16.6 Å². The first-order valence-corrected chi connectivity index (χ1v) is 10.5. The minimum Gasteiger partial charge on any atom is -0.454 e. The Morgan fingerprint density at radius 3 is 2.66 bits per heavy atom. The van der Waals surface area contributed by atoms with Crippen LogP contribution in [0.25, 0.3) is 10.2 Å². The summed E-state index contributed by atoms with van der Waals surface area (Å²) in [5, 5.41) is 0.545. The standard InChI is InChI=1S/C21H22FN3O3S/c1-3-24(4-2)9-10-25(20(26)14-7-5-6-8-15(14)22)21-23-16-11-17-18(28-13-27-17)12-19(16)29-21/h5-8,11-12H,3-4,9-10,13H2,1-2H3/p+1. The van der Waals surface area contributed by atoms with Crippen LogP contribution in [0.3, 0.4) is 0 Å². The van der Waals surface area contributed by atoms with E-state index in [2.05, 4.69) is 18.8 Å². The van der Waals surface area contributed by atoms with E-state index >= 15 is 0 Å². The first-order valence-electron chi connectivity index (χ1n) is 9.70. The molecule has 152 valence electrons. The Morgan fingerprint density at radius 1 is 1.21 bits per heavy atom. The Morgan fingerprint density at radius 2 is 1.93 bits per heavy atom. The molecule has 0 unspecified atom stereocenters. The molecule has 29 heavy (non-hydrogen) atoms. The Bertz CT molecular complexity index is 994. The lowest BCUT2D eigenvalue weighted by atomic mass is 10.2. The van der Waals surface area contributed by atoms with Gasteiger partial charge >= 0.3 is 0 Å². The predicted octanol–water partition coefficient (Wildman–Crippen LogP) is 2.74. The first kappa shape index (κ1) is 19.6. The molecule has 8 heteroatoms. The van der Waals surface area contributed by atoms with Crippen molar-refractivity contribution in [2.75, 3.05) is 37.9 Å². The van der Waals surface area contributed by atoms with Crippen molar-refractivity contribution >= 4 is 32.6 Å². The number of fused-ring (bicyclic) bond motifs is 2. The van der Waals surface area contributed by atoms with Gasteiger partial charge in [0.1, 0.15) is 5.82 Å². The number of rotatable bonds is 7. The minimum atomic E-state index is -0.528. The molecule has 0 fully saturated rings. The van der Waals surface area contributed by atoms with Crippen LogP contribution in [-0.2, 0) is 0 Å². The van der Waals surface area contributed by atoms with Gasteiger partial charge in [-0.3, -0.25) is 9.69 Å². The van der Waals surface area contributed by atoms with E-state index in [-0.39, 0.29) is 18.3 Å². The Labute approximate surface area is 172 Å². The normalized spacial score (nSPS) is 12.7. The van der Waals surface area contributed by atoms with Gasteiger partial charge in [0.05, 0.1) is 42.0 Å². The lowest BCUT2D eigenvalue weighted by Gasteiger charge is -2.23. The van der Waals surface area contributed by atoms with Crippen LogP contribution < -0.4 is 19.3 Å². The number of carbonyl (C=O) groups excluding carboxylic acids is 1. The van der Waals surface area contributed by atoms with Gasteiger partial charge in [0.2, 0.25) is 6.79 Å². The van der Waals surface area contributed by atoms with E-state index in [0.717, 1.165) is 29.9 Å². The van der Waals surface area contributed by atoms with Crippen molar-refractivity contribution in [3.8, 4) is 11.5 Å². The van der Waals surface area contributed by atoms with E-state index in [0.29, 0.717) is 23.2 Å². The van der Waals surface area contributed by atoms with Crippen LogP contribution in [0.4, 0.5) is 9.52 Å². The maximum absolute atomic E-state index is 14.3. The predicted molar refractivity (Wildman–Crippen MR) is 111 cm³/mol. The fraction of sp³-hybridized carbons (Fsp3) is 0.333. The Kier molecular flexibility index (Phi) is 5.64. The molecule has 6 nitrogen and oxygen atoms in total. The van der Waals surface area contributed by atoms with E-state index in [1.165, 1.54) is 28.4 Å². The second-order valence-corrected chi connectivity index (χ2v) is 7.82. The molecule has 1 aliphatic rings. The topological polar surface area (TPSA) is 56.1 Å². The quantitative estimate of drug-likeness (QED) is 0.644. The highest BCUT2D eigenvalue weighted by atomic mass is 32.1. The first-order chi connectivity index (χ1) is 14.1. The molecule has 0 spiro atoms. The van der Waals surface area contributed by atoms with Crippen molar-refractivity contribution in [1.82, 2.24) is 4.98 Å². The van der Waals surface area contributed by atoms with E-state index < -0.39 is 5.82 Å². The fourth-order valence-electron chi connectivity index (χ4n) is 3.36. The molecule has 0 radical (unpaired) electrons. The number of quaternary nitrogens is 1. The van der Waals surface area contributed by atoms with Gasteiger partial charge in [-0.1, -0.05) is 23.5 Å². The van der Waals surface area contributed by atoms with Crippen LogP contribution in [0.5, 0.6) is 11.5 Å². The maximum Gasteiger partial charge on any atom is 0.263 e. The number of anilines is 1. The molecule has 0 atom stereocenters. The van der Waals surface area contributed by atoms with Crippen molar-refractivity contribution < 1.29 is 23.6 Å². The lowest BCUT2D eigenvalue weighted by molar-refractivity contribution is -0.894. The van der Waals surface area contributed by atoms with E-state index in [1.807, 2.05) is 12.1 Å². The molecule has 0 saturated carbocycles. The minimum absolute atomic E-state index is 0.0514. The molecule has 1 N–H and O–H groups in total. The number of amides is 1. The van der Waals surface area contributed by atoms with Gasteiger partial charge in [0.25, 0.3) is 5.91 Å². The molecule has 2 aromatic carbocycles. The van der Waals surface area contributed by atoms with Gasteiger partial charge < -0.3 is 14.4 Å². The number of aromatic nitrogens is 1. The van der Waals surface area contributed by atoms with Crippen molar-refractivity contribution in [3.63, 3.8) is 0 Å². The van der Waals surface area contributed by atoms with Gasteiger partial charge in [-0.25, -0.2) is 9.37 Å². The molecule has 1 amide bonds. The smallest absolute Gasteiger partial charge is 0.263 e. The summed E-state index contributed by atoms with van der Waals surface area (Å²) in [4.78, 5) is 20.8. The summed E-state index contributed by atoms with van der Waals surface area (Å²) in [5.74, 6) is 0.412. The zero-order valence-electron chi connectivity index (χ0n) is 16.4. The number of hydrogen-bond acceptors (Lipinski definition) is 5. The van der Waals surface area contributed by atoms with Crippen molar-refractivity contribution in [2.45, 2.75) is 13.8 Å². The number of likely N-dealkylation sites (N-methyl/N-ethyl adjacent to an activating group) is 1. The second-order valence-electron chi connectivity index (χ2n) is 6.81. The van der Waals surface area contributed by atoms with Gasteiger partial charge in [0, 0.05) is 12.1 Å². The van der Waals surface area contributed by atoms with Crippen LogP contribution in [0.15, 0.2) is 36.4 Å². The maximum atomic E-state index is 14.3. The van der Waals surface area contributed by atoms with Crippen LogP contribution in [0.1, 0.15) is 24.2 Å². The number of nitrogens with zero attached hydrogens (tertiary/aromatic N) is 2. The molecule has 0 saturated heterocycles. The monoisotopic (exact) mass is 416 g/mol. The number of thiazole rings is 1. The van der Waals surface area contributed by atoms with E-state index in [9.17, 15) is 9.18 Å². The zero-order valence-corrected chi connectivity index (χ0v) is 17.2. The average molecular weight is 416 g/mol. The van der Waals surface area contributed by atoms with Crippen LogP contribution in [0.2, 0.25) is 0 Å². The Balaban J connectivity index is 1.70. The highest BCUT2D eigenvalue weighted by Gasteiger charge is 2.26. The molecular weight excluding hydrogens is 393 g/mol. The van der Waals surface area contributed by atoms with E-state index in [1.54, 1.807) is 17.0 Å². The molecule has 4 rings (SSSR count). The zero-order chi connectivity index (χ0) is 20.4. The molecule has 0 bridgehead atoms. The lowest BCUT2D eigenvalue weighted by Crippen LogP contribution is -3.12. The summed E-state index contributed by atoms with van der Waals surface area (Å²) in [6, 6.07) is 9.76.